The van der Waals surface area contributed by atoms with Crippen LogP contribution >= 0.6 is 0 Å². The molecule has 0 saturated carbocycles. The van der Waals surface area contributed by atoms with Crippen LogP contribution in [-0.4, -0.2) is 49.5 Å². The molecule has 1 fully saturated rings. The molecule has 0 spiro atoms. The highest BCUT2D eigenvalue weighted by molar-refractivity contribution is 5.78. The molecule has 2 heterocycles. The molecule has 0 aliphatic carbocycles. The second-order valence-electron chi connectivity index (χ2n) is 6.38. The molecule has 1 saturated heterocycles. The minimum absolute atomic E-state index is 0.0115. The van der Waals surface area contributed by atoms with Crippen LogP contribution in [0.25, 0.3) is 0 Å². The quantitative estimate of drug-likeness (QED) is 0.756. The van der Waals surface area contributed by atoms with Crippen molar-refractivity contribution in [2.24, 2.45) is 0 Å². The van der Waals surface area contributed by atoms with Gasteiger partial charge in [-0.05, 0) is 12.0 Å². The topological polar surface area (TPSA) is 102 Å². The Kier molecular flexibility index (Phi) is 4.38. The molecule has 7 heteroatoms. The number of H-pyrrole nitrogens is 1. The molecule has 1 aliphatic heterocycles. The summed E-state index contributed by atoms with van der Waals surface area (Å²) in [4.78, 5) is 14.2. The van der Waals surface area contributed by atoms with Gasteiger partial charge in [-0.25, -0.2) is 0 Å². The number of benzene rings is 1. The van der Waals surface area contributed by atoms with Gasteiger partial charge in [-0.1, -0.05) is 37.3 Å². The number of hydrogen-bond donors (Lipinski definition) is 3. The maximum absolute atomic E-state index is 12.7. The molecule has 1 aromatic carbocycles. The van der Waals surface area contributed by atoms with Crippen molar-refractivity contribution in [3.05, 3.63) is 47.8 Å². The Labute approximate surface area is 140 Å². The van der Waals surface area contributed by atoms with Gasteiger partial charge in [0.25, 0.3) is 0 Å². The number of carbonyl (C=O) groups excluding carboxylic acids is 1. The van der Waals surface area contributed by atoms with Crippen LogP contribution in [0.4, 0.5) is 0 Å². The van der Waals surface area contributed by atoms with Crippen LogP contribution in [0.2, 0.25) is 0 Å². The van der Waals surface area contributed by atoms with E-state index in [4.69, 9.17) is 0 Å². The van der Waals surface area contributed by atoms with Crippen LogP contribution in [0, 0.1) is 0 Å². The van der Waals surface area contributed by atoms with Crippen molar-refractivity contribution < 1.29 is 15.0 Å². The number of carbonyl (C=O) groups is 1. The maximum Gasteiger partial charge on any atom is 0.225 e. The van der Waals surface area contributed by atoms with Crippen LogP contribution < -0.4 is 0 Å². The first-order chi connectivity index (χ1) is 11.5. The molecule has 1 aliphatic rings. The van der Waals surface area contributed by atoms with E-state index in [9.17, 15) is 15.0 Å². The van der Waals surface area contributed by atoms with E-state index in [1.807, 2.05) is 37.3 Å². The Morgan fingerprint density at radius 1 is 1.42 bits per heavy atom. The Balaban J connectivity index is 1.71. The fourth-order valence-corrected chi connectivity index (χ4v) is 3.18. The van der Waals surface area contributed by atoms with E-state index in [1.54, 1.807) is 4.90 Å². The molecule has 2 atom stereocenters. The van der Waals surface area contributed by atoms with E-state index in [2.05, 4.69) is 15.4 Å². The monoisotopic (exact) mass is 330 g/mol. The van der Waals surface area contributed by atoms with Gasteiger partial charge in [0.15, 0.2) is 0 Å². The van der Waals surface area contributed by atoms with E-state index in [1.165, 1.54) is 6.20 Å². The van der Waals surface area contributed by atoms with Crippen molar-refractivity contribution in [1.29, 1.82) is 0 Å². The molecule has 0 unspecified atom stereocenters. The number of aromatic nitrogens is 3. The van der Waals surface area contributed by atoms with Gasteiger partial charge >= 0.3 is 0 Å². The van der Waals surface area contributed by atoms with E-state index < -0.39 is 11.2 Å². The molecule has 3 rings (SSSR count). The van der Waals surface area contributed by atoms with Gasteiger partial charge < -0.3 is 15.1 Å². The van der Waals surface area contributed by atoms with Gasteiger partial charge in [-0.3, -0.25) is 4.79 Å². The fourth-order valence-electron chi connectivity index (χ4n) is 3.18. The van der Waals surface area contributed by atoms with E-state index >= 15 is 0 Å². The standard InChI is InChI=1S/C17H22N4O3/c1-2-16(23,13-6-4-3-5-7-13)10-15(22)21-9-8-17(24,12-21)14-11-18-20-19-14/h3-7,11,23-24H,2,8-10,12H2,1H3,(H,18,19,20)/t16-,17-/m1/s1. The Morgan fingerprint density at radius 3 is 2.79 bits per heavy atom. The zero-order valence-electron chi connectivity index (χ0n) is 13.6. The molecular weight excluding hydrogens is 308 g/mol. The smallest absolute Gasteiger partial charge is 0.225 e. The van der Waals surface area contributed by atoms with Gasteiger partial charge in [-0.2, -0.15) is 15.4 Å². The summed E-state index contributed by atoms with van der Waals surface area (Å²) < 4.78 is 0. The second kappa shape index (κ2) is 6.33. The predicted octanol–water partition coefficient (Wildman–Crippen LogP) is 0.912. The third-order valence-electron chi connectivity index (χ3n) is 4.83. The summed E-state index contributed by atoms with van der Waals surface area (Å²) in [6.45, 7) is 2.44. The SMILES string of the molecule is CC[C@@](O)(CC(=O)N1CC[C@](O)(c2cn[nH]n2)C1)c1ccccc1. The van der Waals surface area contributed by atoms with E-state index in [0.717, 1.165) is 5.56 Å². The average molecular weight is 330 g/mol. The minimum Gasteiger partial charge on any atom is -0.385 e. The molecule has 0 radical (unpaired) electrons. The van der Waals surface area contributed by atoms with Crippen molar-refractivity contribution in [3.63, 3.8) is 0 Å². The number of nitrogens with zero attached hydrogens (tertiary/aromatic N) is 3. The zero-order valence-corrected chi connectivity index (χ0v) is 13.6. The maximum atomic E-state index is 12.7. The lowest BCUT2D eigenvalue weighted by Crippen LogP contribution is -2.39. The second-order valence-corrected chi connectivity index (χ2v) is 6.38. The lowest BCUT2D eigenvalue weighted by atomic mass is 9.87. The van der Waals surface area contributed by atoms with Crippen molar-refractivity contribution in [2.45, 2.75) is 37.4 Å². The first-order valence-electron chi connectivity index (χ1n) is 8.11. The largest absolute Gasteiger partial charge is 0.385 e. The normalized spacial score (nSPS) is 23.2. The number of nitrogens with one attached hydrogen (secondary N) is 1. The summed E-state index contributed by atoms with van der Waals surface area (Å²) in [5.41, 5.74) is -1.22. The molecule has 3 N–H and O–H groups in total. The predicted molar refractivity (Wildman–Crippen MR) is 86.7 cm³/mol. The van der Waals surface area contributed by atoms with Gasteiger partial charge in [-0.15, -0.1) is 0 Å². The number of aliphatic hydroxyl groups is 2. The third kappa shape index (κ3) is 3.05. The van der Waals surface area contributed by atoms with Crippen LogP contribution in [0.5, 0.6) is 0 Å². The number of aromatic amines is 1. The number of amides is 1. The highest BCUT2D eigenvalue weighted by Crippen LogP contribution is 2.33. The summed E-state index contributed by atoms with van der Waals surface area (Å²) in [5.74, 6) is -0.178. The molecule has 0 bridgehead atoms. The highest BCUT2D eigenvalue weighted by atomic mass is 16.3. The third-order valence-corrected chi connectivity index (χ3v) is 4.83. The summed E-state index contributed by atoms with van der Waals surface area (Å²) >= 11 is 0. The highest BCUT2D eigenvalue weighted by Gasteiger charge is 2.43. The van der Waals surface area contributed by atoms with Gasteiger partial charge in [0.2, 0.25) is 5.91 Å². The van der Waals surface area contributed by atoms with Crippen molar-refractivity contribution in [1.82, 2.24) is 20.3 Å². The van der Waals surface area contributed by atoms with Crippen LogP contribution in [0.15, 0.2) is 36.5 Å². The van der Waals surface area contributed by atoms with Gasteiger partial charge in [0.05, 0.1) is 24.8 Å². The Morgan fingerprint density at radius 2 is 2.17 bits per heavy atom. The molecule has 7 nitrogen and oxygen atoms in total. The van der Waals surface area contributed by atoms with Crippen LogP contribution in [0.3, 0.4) is 0 Å². The lowest BCUT2D eigenvalue weighted by molar-refractivity contribution is -0.137. The van der Waals surface area contributed by atoms with Crippen molar-refractivity contribution >= 4 is 5.91 Å². The lowest BCUT2D eigenvalue weighted by Gasteiger charge is -2.29. The summed E-state index contributed by atoms with van der Waals surface area (Å²) in [6.07, 6.45) is 2.30. The molecule has 128 valence electrons. The number of rotatable bonds is 5. The first kappa shape index (κ1) is 16.6. The molecule has 2 aromatic rings. The summed E-state index contributed by atoms with van der Waals surface area (Å²) in [6, 6.07) is 9.22. The Bertz CT molecular complexity index is 691. The minimum atomic E-state index is -1.20. The number of β-amino-alcohol motifs (C(OH)–C–C–N with tert-alkyl or cyclic N) is 1. The molecule has 24 heavy (non-hydrogen) atoms. The number of hydrogen-bond acceptors (Lipinski definition) is 5. The van der Waals surface area contributed by atoms with Crippen molar-refractivity contribution in [2.75, 3.05) is 13.1 Å². The Hall–Kier alpha value is -2.25. The van der Waals surface area contributed by atoms with E-state index in [-0.39, 0.29) is 18.9 Å². The summed E-state index contributed by atoms with van der Waals surface area (Å²) in [5, 5.41) is 31.7. The molecule has 1 amide bonds. The molecule has 1 aromatic heterocycles. The van der Waals surface area contributed by atoms with Gasteiger partial charge in [0, 0.05) is 13.0 Å². The molecular formula is C17H22N4O3. The summed E-state index contributed by atoms with van der Waals surface area (Å²) in [7, 11) is 0. The van der Waals surface area contributed by atoms with Crippen LogP contribution in [-0.2, 0) is 16.0 Å². The fraction of sp³-hybridized carbons (Fsp3) is 0.471. The zero-order chi connectivity index (χ0) is 17.2. The van der Waals surface area contributed by atoms with Crippen molar-refractivity contribution in [3.8, 4) is 0 Å². The number of likely N-dealkylation sites (tertiary alicyclic amines) is 1. The van der Waals surface area contributed by atoms with Crippen LogP contribution in [0.1, 0.15) is 37.4 Å². The van der Waals surface area contributed by atoms with E-state index in [0.29, 0.717) is 25.1 Å². The van der Waals surface area contributed by atoms with Gasteiger partial charge in [0.1, 0.15) is 11.3 Å². The first-order valence-corrected chi connectivity index (χ1v) is 8.11. The average Bonchev–Trinajstić information content (AvgIpc) is 3.26.